The second kappa shape index (κ2) is 7.32. The number of carbonyl (C=O) groups excluding carboxylic acids is 3. The molecule has 0 aromatic carbocycles. The third-order valence-electron chi connectivity index (χ3n) is 5.79. The molecule has 3 amide bonds. The third-order valence-corrected chi connectivity index (χ3v) is 5.79. The molecule has 3 heterocycles. The summed E-state index contributed by atoms with van der Waals surface area (Å²) >= 11 is 0. The SMILES string of the molecule is CC(C)CC1NCCN(CC(=O)N2CCC3(CC2)CNC(=O)C3)C1=O. The Balaban J connectivity index is 1.51. The summed E-state index contributed by atoms with van der Waals surface area (Å²) in [7, 11) is 0. The number of piperazine rings is 1. The van der Waals surface area contributed by atoms with Crippen molar-refractivity contribution in [1.82, 2.24) is 20.4 Å². The van der Waals surface area contributed by atoms with Gasteiger partial charge in [0.2, 0.25) is 17.7 Å². The Morgan fingerprint density at radius 3 is 2.56 bits per heavy atom. The average Bonchev–Trinajstić information content (AvgIpc) is 2.92. The zero-order valence-electron chi connectivity index (χ0n) is 15.3. The molecule has 7 heteroatoms. The fourth-order valence-corrected chi connectivity index (χ4v) is 4.20. The van der Waals surface area contributed by atoms with E-state index in [0.29, 0.717) is 32.0 Å². The molecule has 1 atom stereocenters. The summed E-state index contributed by atoms with van der Waals surface area (Å²) in [6, 6.07) is -0.165. The number of nitrogens with one attached hydrogen (secondary N) is 2. The van der Waals surface area contributed by atoms with Crippen LogP contribution >= 0.6 is 0 Å². The molecule has 3 rings (SSSR count). The van der Waals surface area contributed by atoms with Gasteiger partial charge in [-0.3, -0.25) is 14.4 Å². The van der Waals surface area contributed by atoms with Gasteiger partial charge in [-0.25, -0.2) is 0 Å². The molecule has 0 bridgehead atoms. The smallest absolute Gasteiger partial charge is 0.242 e. The van der Waals surface area contributed by atoms with Gasteiger partial charge in [0, 0.05) is 39.1 Å². The van der Waals surface area contributed by atoms with Crippen LogP contribution in [0.2, 0.25) is 0 Å². The van der Waals surface area contributed by atoms with E-state index in [-0.39, 0.29) is 35.7 Å². The van der Waals surface area contributed by atoms with Crippen LogP contribution in [0.25, 0.3) is 0 Å². The lowest BCUT2D eigenvalue weighted by Gasteiger charge is -2.40. The van der Waals surface area contributed by atoms with E-state index < -0.39 is 0 Å². The molecule has 0 aromatic rings. The van der Waals surface area contributed by atoms with Gasteiger partial charge in [-0.1, -0.05) is 13.8 Å². The first-order chi connectivity index (χ1) is 11.9. The molecule has 7 nitrogen and oxygen atoms in total. The number of piperidine rings is 1. The van der Waals surface area contributed by atoms with Gasteiger partial charge in [0.15, 0.2) is 0 Å². The van der Waals surface area contributed by atoms with Crippen LogP contribution in [0.3, 0.4) is 0 Å². The Morgan fingerprint density at radius 2 is 1.96 bits per heavy atom. The van der Waals surface area contributed by atoms with E-state index in [1.54, 1.807) is 4.90 Å². The molecule has 0 aliphatic carbocycles. The second-order valence-corrected chi connectivity index (χ2v) is 8.23. The van der Waals surface area contributed by atoms with E-state index >= 15 is 0 Å². The second-order valence-electron chi connectivity index (χ2n) is 8.23. The maximum Gasteiger partial charge on any atom is 0.242 e. The molecule has 1 spiro atoms. The molecule has 0 radical (unpaired) electrons. The van der Waals surface area contributed by atoms with Crippen LogP contribution in [0.4, 0.5) is 0 Å². The van der Waals surface area contributed by atoms with Crippen molar-refractivity contribution in [3.05, 3.63) is 0 Å². The Bertz CT molecular complexity index is 540. The minimum absolute atomic E-state index is 0.0330. The summed E-state index contributed by atoms with van der Waals surface area (Å²) in [5, 5.41) is 6.18. The predicted octanol–water partition coefficient (Wildman–Crippen LogP) is -0.0384. The number of carbonyl (C=O) groups is 3. The van der Waals surface area contributed by atoms with E-state index in [0.717, 1.165) is 32.4 Å². The molecule has 3 aliphatic heterocycles. The molecular weight excluding hydrogens is 320 g/mol. The first-order valence-corrected chi connectivity index (χ1v) is 9.45. The van der Waals surface area contributed by atoms with E-state index in [2.05, 4.69) is 24.5 Å². The van der Waals surface area contributed by atoms with Crippen LogP contribution in [-0.2, 0) is 14.4 Å². The van der Waals surface area contributed by atoms with Crippen molar-refractivity contribution < 1.29 is 14.4 Å². The topological polar surface area (TPSA) is 81.8 Å². The van der Waals surface area contributed by atoms with Crippen molar-refractivity contribution in [1.29, 1.82) is 0 Å². The molecule has 3 saturated heterocycles. The van der Waals surface area contributed by atoms with Crippen molar-refractivity contribution in [2.75, 3.05) is 39.3 Å². The lowest BCUT2D eigenvalue weighted by molar-refractivity contribution is -0.144. The minimum Gasteiger partial charge on any atom is -0.356 e. The predicted molar refractivity (Wildman–Crippen MR) is 93.7 cm³/mol. The first-order valence-electron chi connectivity index (χ1n) is 9.45. The van der Waals surface area contributed by atoms with Crippen molar-refractivity contribution in [3.63, 3.8) is 0 Å². The van der Waals surface area contributed by atoms with Gasteiger partial charge in [0.1, 0.15) is 0 Å². The fraction of sp³-hybridized carbons (Fsp3) is 0.833. The minimum atomic E-state index is -0.165. The summed E-state index contributed by atoms with van der Waals surface area (Å²) < 4.78 is 0. The summed E-state index contributed by atoms with van der Waals surface area (Å²) in [6.45, 7) is 7.83. The number of hydrogen-bond acceptors (Lipinski definition) is 4. The molecular formula is C18H30N4O3. The Morgan fingerprint density at radius 1 is 1.24 bits per heavy atom. The molecule has 0 saturated carbocycles. The van der Waals surface area contributed by atoms with E-state index in [9.17, 15) is 14.4 Å². The standard InChI is InChI=1S/C18H30N4O3/c1-13(2)9-14-17(25)22(8-5-19-14)11-16(24)21-6-3-18(4-7-21)10-15(23)20-12-18/h13-14,19H,3-12H2,1-2H3,(H,20,23). The zero-order chi connectivity index (χ0) is 18.0. The van der Waals surface area contributed by atoms with E-state index in [1.165, 1.54) is 0 Å². The molecule has 25 heavy (non-hydrogen) atoms. The lowest BCUT2D eigenvalue weighted by Crippen LogP contribution is -2.58. The molecule has 2 N–H and O–H groups in total. The van der Waals surface area contributed by atoms with Crippen molar-refractivity contribution >= 4 is 17.7 Å². The van der Waals surface area contributed by atoms with Crippen molar-refractivity contribution in [2.45, 2.75) is 45.6 Å². The average molecular weight is 350 g/mol. The normalized spacial score (nSPS) is 26.4. The van der Waals surface area contributed by atoms with Crippen LogP contribution in [0.1, 0.15) is 39.5 Å². The summed E-state index contributed by atoms with van der Waals surface area (Å²) in [4.78, 5) is 40.3. The quantitative estimate of drug-likeness (QED) is 0.746. The highest BCUT2D eigenvalue weighted by molar-refractivity contribution is 5.88. The van der Waals surface area contributed by atoms with Crippen molar-refractivity contribution in [3.8, 4) is 0 Å². The number of hydrogen-bond donors (Lipinski definition) is 2. The Hall–Kier alpha value is -1.63. The van der Waals surface area contributed by atoms with Gasteiger partial charge in [-0.2, -0.15) is 0 Å². The third kappa shape index (κ3) is 4.14. The van der Waals surface area contributed by atoms with Crippen molar-refractivity contribution in [2.24, 2.45) is 11.3 Å². The highest BCUT2D eigenvalue weighted by Gasteiger charge is 2.42. The molecule has 1 unspecified atom stereocenters. The highest BCUT2D eigenvalue weighted by Crippen LogP contribution is 2.37. The van der Waals surface area contributed by atoms with Crippen LogP contribution in [-0.4, -0.2) is 72.8 Å². The highest BCUT2D eigenvalue weighted by atomic mass is 16.2. The first kappa shape index (κ1) is 18.2. The van der Waals surface area contributed by atoms with Crippen LogP contribution in [0, 0.1) is 11.3 Å². The van der Waals surface area contributed by atoms with E-state index in [4.69, 9.17) is 0 Å². The maximum atomic E-state index is 12.6. The van der Waals surface area contributed by atoms with E-state index in [1.807, 2.05) is 4.90 Å². The fourth-order valence-electron chi connectivity index (χ4n) is 4.20. The molecule has 0 aromatic heterocycles. The molecule has 140 valence electrons. The molecule has 3 aliphatic rings. The van der Waals surface area contributed by atoms with Crippen LogP contribution in [0.15, 0.2) is 0 Å². The number of amides is 3. The summed E-state index contributed by atoms with van der Waals surface area (Å²) in [6.07, 6.45) is 3.12. The monoisotopic (exact) mass is 350 g/mol. The molecule has 3 fully saturated rings. The Labute approximate surface area is 149 Å². The van der Waals surface area contributed by atoms with Crippen LogP contribution in [0.5, 0.6) is 0 Å². The van der Waals surface area contributed by atoms with Gasteiger partial charge >= 0.3 is 0 Å². The lowest BCUT2D eigenvalue weighted by atomic mass is 9.77. The number of nitrogens with zero attached hydrogens (tertiary/aromatic N) is 2. The van der Waals surface area contributed by atoms with Gasteiger partial charge in [0.05, 0.1) is 12.6 Å². The van der Waals surface area contributed by atoms with Gasteiger partial charge in [-0.05, 0) is 30.6 Å². The Kier molecular flexibility index (Phi) is 5.32. The van der Waals surface area contributed by atoms with Crippen LogP contribution < -0.4 is 10.6 Å². The zero-order valence-corrected chi connectivity index (χ0v) is 15.3. The van der Waals surface area contributed by atoms with Gasteiger partial charge in [-0.15, -0.1) is 0 Å². The number of rotatable bonds is 4. The van der Waals surface area contributed by atoms with Gasteiger partial charge < -0.3 is 20.4 Å². The largest absolute Gasteiger partial charge is 0.356 e. The van der Waals surface area contributed by atoms with Gasteiger partial charge in [0.25, 0.3) is 0 Å². The maximum absolute atomic E-state index is 12.6. The number of likely N-dealkylation sites (tertiary alicyclic amines) is 1. The summed E-state index contributed by atoms with van der Waals surface area (Å²) in [5.74, 6) is 0.651. The summed E-state index contributed by atoms with van der Waals surface area (Å²) in [5.41, 5.74) is 0.0427.